The van der Waals surface area contributed by atoms with Gasteiger partial charge in [0.1, 0.15) is 11.5 Å². The van der Waals surface area contributed by atoms with E-state index in [2.05, 4.69) is 28.8 Å². The highest BCUT2D eigenvalue weighted by Gasteiger charge is 2.56. The Morgan fingerprint density at radius 3 is 1.54 bits per heavy atom. The number of rotatable bonds is 5. The van der Waals surface area contributed by atoms with Crippen molar-refractivity contribution in [2.75, 3.05) is 0 Å². The van der Waals surface area contributed by atoms with Crippen molar-refractivity contribution in [2.24, 2.45) is 35.5 Å². The van der Waals surface area contributed by atoms with E-state index in [9.17, 15) is 9.59 Å². The van der Waals surface area contributed by atoms with E-state index in [4.69, 9.17) is 4.74 Å². The third-order valence-electron chi connectivity index (χ3n) is 10.7. The van der Waals surface area contributed by atoms with Crippen molar-refractivity contribution < 1.29 is 14.3 Å². The molecule has 8 aliphatic carbocycles. The lowest BCUT2D eigenvalue weighted by Crippen LogP contribution is -2.57. The van der Waals surface area contributed by atoms with Crippen molar-refractivity contribution >= 4 is 35.4 Å². The van der Waals surface area contributed by atoms with E-state index in [0.29, 0.717) is 4.75 Å². The molecule has 0 N–H and O–H groups in total. The predicted molar refractivity (Wildman–Crippen MR) is 142 cm³/mol. The fourth-order valence-corrected chi connectivity index (χ4v) is 14.8. The van der Waals surface area contributed by atoms with Crippen LogP contribution < -0.4 is 0 Å². The van der Waals surface area contributed by atoms with Gasteiger partial charge < -0.3 is 9.64 Å². The molecule has 8 fully saturated rings. The molecule has 0 saturated heterocycles. The Kier molecular flexibility index (Phi) is 5.67. The Hall–Kier alpha value is -0.620. The van der Waals surface area contributed by atoms with Crippen LogP contribution in [0.25, 0.3) is 0 Å². The van der Waals surface area contributed by atoms with Crippen LogP contribution >= 0.6 is 23.5 Å². The fourth-order valence-electron chi connectivity index (χ4n) is 10.4. The number of ether oxygens (including phenoxy) is 1. The monoisotopic (exact) mass is 515 g/mol. The first-order chi connectivity index (χ1) is 16.8. The molecule has 4 nitrogen and oxygen atoms in total. The molecule has 35 heavy (non-hydrogen) atoms. The summed E-state index contributed by atoms with van der Waals surface area (Å²) in [5.74, 6) is 5.19. The van der Waals surface area contributed by atoms with E-state index in [1.165, 1.54) is 84.0 Å². The van der Waals surface area contributed by atoms with Gasteiger partial charge in [-0.3, -0.25) is 9.59 Å². The molecule has 8 bridgehead atoms. The minimum absolute atomic E-state index is 0.0574. The minimum atomic E-state index is -0.345. The molecule has 3 atom stereocenters. The molecule has 9 aliphatic rings. The maximum atomic E-state index is 13.3. The molecule has 1 heterocycles. The second kappa shape index (κ2) is 8.44. The van der Waals surface area contributed by atoms with Gasteiger partial charge in [-0.2, -0.15) is 0 Å². The summed E-state index contributed by atoms with van der Waals surface area (Å²) in [4.78, 5) is 27.6. The second-order valence-electron chi connectivity index (χ2n) is 13.6. The van der Waals surface area contributed by atoms with E-state index in [0.717, 1.165) is 35.5 Å². The lowest BCUT2D eigenvalue weighted by Gasteiger charge is -2.59. The maximum Gasteiger partial charge on any atom is 0.303 e. The highest BCUT2D eigenvalue weighted by molar-refractivity contribution is 8.02. The number of esters is 1. The number of thioether (sulfide) groups is 2. The van der Waals surface area contributed by atoms with Crippen LogP contribution in [0.3, 0.4) is 0 Å². The molecule has 192 valence electrons. The van der Waals surface area contributed by atoms with Crippen molar-refractivity contribution in [3.05, 3.63) is 12.2 Å². The fraction of sp³-hybridized carbons (Fsp3) is 0.862. The molecule has 1 amide bonds. The number of hydrogen-bond acceptors (Lipinski definition) is 5. The average Bonchev–Trinajstić information content (AvgIpc) is 2.72. The molecule has 0 unspecified atom stereocenters. The minimum Gasteiger partial charge on any atom is -0.455 e. The van der Waals surface area contributed by atoms with Crippen LogP contribution in [-0.4, -0.2) is 43.1 Å². The highest BCUT2D eigenvalue weighted by atomic mass is 32.2. The largest absolute Gasteiger partial charge is 0.455 e. The number of amides is 1. The number of carbonyl (C=O) groups excluding carboxylic acids is 2. The van der Waals surface area contributed by atoms with E-state index in [1.807, 2.05) is 11.8 Å². The van der Waals surface area contributed by atoms with Crippen molar-refractivity contribution in [1.29, 1.82) is 0 Å². The van der Waals surface area contributed by atoms with Gasteiger partial charge in [-0.15, -0.1) is 23.5 Å². The number of nitrogens with zero attached hydrogens (tertiary/aromatic N) is 1. The number of carbonyl (C=O) groups is 2. The second-order valence-corrected chi connectivity index (χ2v) is 16.8. The summed E-state index contributed by atoms with van der Waals surface area (Å²) < 4.78 is 6.48. The topological polar surface area (TPSA) is 46.6 Å². The van der Waals surface area contributed by atoms with Gasteiger partial charge in [0, 0.05) is 23.3 Å². The normalized spacial score (nSPS) is 51.1. The molecular weight excluding hydrogens is 474 g/mol. The van der Waals surface area contributed by atoms with Gasteiger partial charge in [0.2, 0.25) is 5.91 Å². The Balaban J connectivity index is 1.18. The van der Waals surface area contributed by atoms with Crippen LogP contribution in [0.4, 0.5) is 0 Å². The summed E-state index contributed by atoms with van der Waals surface area (Å²) in [6, 6.07) is 0. The Labute approximate surface area is 219 Å². The first-order valence-corrected chi connectivity index (χ1v) is 16.0. The Bertz CT molecular complexity index is 860. The molecule has 0 aromatic rings. The van der Waals surface area contributed by atoms with Crippen LogP contribution in [-0.2, 0) is 14.3 Å². The van der Waals surface area contributed by atoms with Gasteiger partial charge in [0.15, 0.2) is 0 Å². The summed E-state index contributed by atoms with van der Waals surface area (Å²) in [5, 5.41) is -0.0500. The lowest BCUT2D eigenvalue weighted by atomic mass is 9.56. The summed E-state index contributed by atoms with van der Waals surface area (Å²) >= 11 is 4.12. The first kappa shape index (κ1) is 23.5. The number of hydrogen-bond donors (Lipinski definition) is 0. The van der Waals surface area contributed by atoms with Crippen LogP contribution in [0.15, 0.2) is 12.2 Å². The molecule has 0 aromatic heterocycles. The van der Waals surface area contributed by atoms with E-state index >= 15 is 0 Å². The highest BCUT2D eigenvalue weighted by Crippen LogP contribution is 2.64. The molecule has 0 radical (unpaired) electrons. The third kappa shape index (κ3) is 4.21. The SMILES string of the molecule is CC(=O)O[C@@H]1C=C[C@@H](SC23CC4CC(CC(C4)C2)C3)N(C(C)=O)[C@H]1SC12CC3CC(CC(C3)C1)C2. The van der Waals surface area contributed by atoms with Gasteiger partial charge in [0.05, 0.1) is 5.37 Å². The zero-order chi connectivity index (χ0) is 23.9. The third-order valence-corrected chi connectivity index (χ3v) is 14.0. The van der Waals surface area contributed by atoms with E-state index < -0.39 is 0 Å². The van der Waals surface area contributed by atoms with Crippen molar-refractivity contribution in [1.82, 2.24) is 4.90 Å². The molecule has 8 saturated carbocycles. The van der Waals surface area contributed by atoms with Gasteiger partial charge in [-0.1, -0.05) is 6.08 Å². The van der Waals surface area contributed by atoms with Gasteiger partial charge in [0.25, 0.3) is 0 Å². The van der Waals surface area contributed by atoms with Crippen LogP contribution in [0.5, 0.6) is 0 Å². The Morgan fingerprint density at radius 1 is 0.714 bits per heavy atom. The smallest absolute Gasteiger partial charge is 0.303 e. The van der Waals surface area contributed by atoms with Gasteiger partial charge in [-0.25, -0.2) is 0 Å². The molecule has 9 rings (SSSR count). The molecule has 6 heteroatoms. The van der Waals surface area contributed by atoms with Gasteiger partial charge >= 0.3 is 5.97 Å². The summed E-state index contributed by atoms with van der Waals surface area (Å²) in [6.07, 6.45) is 20.4. The molecule has 0 spiro atoms. The molecule has 1 aliphatic heterocycles. The first-order valence-electron chi connectivity index (χ1n) is 14.3. The van der Waals surface area contributed by atoms with E-state index in [1.54, 1.807) is 6.92 Å². The molecule has 0 aromatic carbocycles. The van der Waals surface area contributed by atoms with E-state index in [-0.39, 0.29) is 33.5 Å². The maximum absolute atomic E-state index is 13.3. The summed E-state index contributed by atoms with van der Waals surface area (Å²) in [5.41, 5.74) is 0. The summed E-state index contributed by atoms with van der Waals surface area (Å²) in [7, 11) is 0. The standard InChI is InChI=1S/C29H41NO3S2/c1-17(31)30-26(34-28-11-19-5-20(12-28)7-21(6-19)13-28)4-3-25(33-18(2)32)27(30)35-29-14-22-8-23(15-29)10-24(9-22)16-29/h3-4,19-27H,5-16H2,1-2H3/t19?,20?,21?,22?,23?,24?,25-,26-,27+,28?,29?/m1/s1. The Morgan fingerprint density at radius 2 is 1.14 bits per heavy atom. The van der Waals surface area contributed by atoms with Crippen LogP contribution in [0.2, 0.25) is 0 Å². The zero-order valence-electron chi connectivity index (χ0n) is 21.3. The predicted octanol–water partition coefficient (Wildman–Crippen LogP) is 6.39. The lowest BCUT2D eigenvalue weighted by molar-refractivity contribution is -0.148. The average molecular weight is 516 g/mol. The van der Waals surface area contributed by atoms with Crippen molar-refractivity contribution in [3.8, 4) is 0 Å². The van der Waals surface area contributed by atoms with Crippen molar-refractivity contribution in [2.45, 2.75) is 117 Å². The van der Waals surface area contributed by atoms with Crippen molar-refractivity contribution in [3.63, 3.8) is 0 Å². The zero-order valence-corrected chi connectivity index (χ0v) is 23.0. The van der Waals surface area contributed by atoms with Crippen LogP contribution in [0.1, 0.15) is 90.9 Å². The molecular formula is C29H41NO3S2. The summed E-state index contributed by atoms with van der Waals surface area (Å²) in [6.45, 7) is 3.25. The quantitative estimate of drug-likeness (QED) is 0.313. The van der Waals surface area contributed by atoms with Crippen LogP contribution in [0, 0.1) is 35.5 Å². The van der Waals surface area contributed by atoms with Gasteiger partial charge in [-0.05, 0) is 119 Å².